The van der Waals surface area contributed by atoms with E-state index in [1.165, 1.54) is 88.0 Å². The first kappa shape index (κ1) is 32.8. The molecule has 0 aliphatic carbocycles. The molecule has 0 saturated carbocycles. The summed E-state index contributed by atoms with van der Waals surface area (Å²) in [4.78, 5) is 6.92. The van der Waals surface area contributed by atoms with Gasteiger partial charge in [-0.25, -0.2) is 0 Å². The third-order valence-electron chi connectivity index (χ3n) is 7.58. The molecule has 5 rings (SSSR count). The van der Waals surface area contributed by atoms with Gasteiger partial charge in [-0.3, -0.25) is 0 Å². The number of nitriles is 4. The minimum absolute atomic E-state index is 0.133. The Kier molecular flexibility index (Phi) is 11.4. The molecule has 0 aliphatic heterocycles. The largest absolute Gasteiger partial charge is 0.192 e. The molecule has 0 aliphatic rings. The molecule has 0 N–H and O–H groups in total. The molecule has 5 aromatic rings. The third-order valence-corrected chi connectivity index (χ3v) is 14.0. The number of unbranched alkanes of at least 4 members (excludes halogenated alkanes) is 6. The molecule has 5 aromatic heterocycles. The predicted octanol–water partition coefficient (Wildman–Crippen LogP) is 12.7. The lowest BCUT2D eigenvalue weighted by Crippen LogP contribution is -1.85. The average molecular weight is 681 g/mol. The van der Waals surface area contributed by atoms with Crippen molar-refractivity contribution < 1.29 is 0 Å². The molecule has 0 saturated heterocycles. The van der Waals surface area contributed by atoms with Crippen molar-refractivity contribution in [2.24, 2.45) is 0 Å². The molecular weight excluding hydrogens is 649 g/mol. The van der Waals surface area contributed by atoms with Crippen LogP contribution in [0.4, 0.5) is 0 Å². The summed E-state index contributed by atoms with van der Waals surface area (Å²) in [5, 5.41) is 37.3. The maximum atomic E-state index is 9.32. The maximum absolute atomic E-state index is 9.32. The summed E-state index contributed by atoms with van der Waals surface area (Å²) in [7, 11) is 0. The first-order chi connectivity index (χ1) is 22.0. The molecule has 0 aromatic carbocycles. The Morgan fingerprint density at radius 3 is 1.36 bits per heavy atom. The second-order valence-corrected chi connectivity index (χ2v) is 16.3. The number of thiophene rings is 5. The van der Waals surface area contributed by atoms with Crippen molar-refractivity contribution >= 4 is 87.6 Å². The SMILES string of the molecule is CCCCCCc1cc(C=C(C#N)C#N)sc1-c1cc2sc3cc(-c4sc(C=C(C#N)C#N)cc4CCCCCC)sc3c2s1. The average Bonchev–Trinajstić information content (AvgIpc) is 3.86. The molecule has 4 nitrogen and oxygen atoms in total. The van der Waals surface area contributed by atoms with Gasteiger partial charge in [0.25, 0.3) is 0 Å². The standard InChI is InChI=1S/C36H32N4S5/c1-3-5-7-9-11-25-15-27(13-23(19-37)20-38)41-33(25)29-17-31-35(44-29)36-32(43-31)18-30(45-36)34-26(12-10-8-6-4-2)16-28(42-34)14-24(21-39)22-40/h13-18H,3-12H2,1-2H3. The van der Waals surface area contributed by atoms with Crippen LogP contribution in [0.3, 0.4) is 0 Å². The van der Waals surface area contributed by atoms with E-state index in [9.17, 15) is 21.0 Å². The van der Waals surface area contributed by atoms with E-state index in [2.05, 4.69) is 38.1 Å². The fourth-order valence-electron chi connectivity index (χ4n) is 5.34. The molecule has 9 heteroatoms. The summed E-state index contributed by atoms with van der Waals surface area (Å²) >= 11 is 8.87. The summed E-state index contributed by atoms with van der Waals surface area (Å²) in [5.41, 5.74) is 2.87. The summed E-state index contributed by atoms with van der Waals surface area (Å²) in [6.45, 7) is 4.45. The van der Waals surface area contributed by atoms with Gasteiger partial charge in [0, 0.05) is 38.7 Å². The Morgan fingerprint density at radius 1 is 0.556 bits per heavy atom. The second-order valence-electron chi connectivity index (χ2n) is 10.9. The number of hydrogen-bond donors (Lipinski definition) is 0. The molecule has 5 heterocycles. The Hall–Kier alpha value is -3.54. The van der Waals surface area contributed by atoms with Crippen molar-refractivity contribution in [3.63, 3.8) is 0 Å². The summed E-state index contributed by atoms with van der Waals surface area (Å²) in [6.07, 6.45) is 14.9. The summed E-state index contributed by atoms with van der Waals surface area (Å²) in [5.74, 6) is 0. The van der Waals surface area contributed by atoms with Crippen molar-refractivity contribution in [1.29, 1.82) is 21.0 Å². The van der Waals surface area contributed by atoms with Crippen LogP contribution in [0.25, 0.3) is 50.5 Å². The smallest absolute Gasteiger partial charge is 0.131 e. The van der Waals surface area contributed by atoms with Crippen LogP contribution in [0, 0.1) is 45.3 Å². The molecule has 0 unspecified atom stereocenters. The molecule has 0 atom stereocenters. The number of allylic oxidation sites excluding steroid dienone is 2. The zero-order valence-corrected chi connectivity index (χ0v) is 29.4. The molecule has 0 bridgehead atoms. The van der Waals surface area contributed by atoms with Crippen LogP contribution in [-0.2, 0) is 12.8 Å². The Labute approximate surface area is 285 Å². The van der Waals surface area contributed by atoms with Gasteiger partial charge in [0.15, 0.2) is 0 Å². The van der Waals surface area contributed by atoms with Gasteiger partial charge in [0.05, 0.1) is 9.40 Å². The van der Waals surface area contributed by atoms with E-state index in [4.69, 9.17) is 0 Å². The fraction of sp³-hybridized carbons (Fsp3) is 0.333. The van der Waals surface area contributed by atoms with E-state index in [1.807, 2.05) is 58.3 Å². The number of fused-ring (bicyclic) bond motifs is 3. The highest BCUT2D eigenvalue weighted by molar-refractivity contribution is 7.41. The van der Waals surface area contributed by atoms with Gasteiger partial charge in [0.1, 0.15) is 35.4 Å². The minimum atomic E-state index is 0.133. The van der Waals surface area contributed by atoms with Crippen LogP contribution in [0.1, 0.15) is 86.1 Å². The third kappa shape index (κ3) is 7.65. The van der Waals surface area contributed by atoms with Gasteiger partial charge in [-0.05, 0) is 73.2 Å². The lowest BCUT2D eigenvalue weighted by atomic mass is 10.1. The Morgan fingerprint density at radius 2 is 0.978 bits per heavy atom. The highest BCUT2D eigenvalue weighted by Crippen LogP contribution is 2.51. The zero-order chi connectivity index (χ0) is 31.8. The quantitative estimate of drug-likeness (QED) is 0.0861. The van der Waals surface area contributed by atoms with Crippen molar-refractivity contribution in [3.05, 3.63) is 56.3 Å². The van der Waals surface area contributed by atoms with E-state index in [0.717, 1.165) is 35.4 Å². The van der Waals surface area contributed by atoms with Crippen LogP contribution in [0.2, 0.25) is 0 Å². The molecular formula is C36H32N4S5. The van der Waals surface area contributed by atoms with E-state index in [-0.39, 0.29) is 11.1 Å². The van der Waals surface area contributed by atoms with Crippen LogP contribution in [0.15, 0.2) is 35.4 Å². The zero-order valence-electron chi connectivity index (χ0n) is 25.4. The number of aryl methyl sites for hydroxylation is 2. The van der Waals surface area contributed by atoms with Crippen LogP contribution in [0.5, 0.6) is 0 Å². The van der Waals surface area contributed by atoms with Crippen LogP contribution >= 0.6 is 56.7 Å². The first-order valence-corrected chi connectivity index (χ1v) is 19.4. The van der Waals surface area contributed by atoms with E-state index >= 15 is 0 Å². The van der Waals surface area contributed by atoms with Gasteiger partial charge in [-0.1, -0.05) is 52.4 Å². The van der Waals surface area contributed by atoms with Crippen LogP contribution < -0.4 is 0 Å². The van der Waals surface area contributed by atoms with Crippen molar-refractivity contribution in [2.45, 2.75) is 78.1 Å². The highest BCUT2D eigenvalue weighted by Gasteiger charge is 2.20. The maximum Gasteiger partial charge on any atom is 0.131 e. The molecule has 0 amide bonds. The summed E-state index contributed by atoms with van der Waals surface area (Å²) < 4.78 is 5.22. The van der Waals surface area contributed by atoms with Gasteiger partial charge in [-0.15, -0.1) is 56.7 Å². The lowest BCUT2D eigenvalue weighted by molar-refractivity contribution is 0.668. The molecule has 226 valence electrons. The number of nitrogens with zero attached hydrogens (tertiary/aromatic N) is 4. The van der Waals surface area contributed by atoms with Crippen molar-refractivity contribution in [1.82, 2.24) is 0 Å². The topological polar surface area (TPSA) is 95.2 Å². The second kappa shape index (κ2) is 15.6. The van der Waals surface area contributed by atoms with E-state index in [0.29, 0.717) is 0 Å². The Bertz CT molecular complexity index is 1870. The van der Waals surface area contributed by atoms with Crippen molar-refractivity contribution in [3.8, 4) is 43.8 Å². The minimum Gasteiger partial charge on any atom is -0.192 e. The van der Waals surface area contributed by atoms with Gasteiger partial charge in [0.2, 0.25) is 0 Å². The summed E-state index contributed by atoms with van der Waals surface area (Å²) in [6, 6.07) is 17.0. The number of rotatable bonds is 14. The molecule has 0 radical (unpaired) electrons. The Balaban J connectivity index is 1.52. The molecule has 0 fully saturated rings. The molecule has 0 spiro atoms. The fourth-order valence-corrected chi connectivity index (χ4v) is 11.9. The van der Waals surface area contributed by atoms with E-state index < -0.39 is 0 Å². The van der Waals surface area contributed by atoms with Gasteiger partial charge >= 0.3 is 0 Å². The van der Waals surface area contributed by atoms with Crippen LogP contribution in [-0.4, -0.2) is 0 Å². The lowest BCUT2D eigenvalue weighted by Gasteiger charge is -2.02. The predicted molar refractivity (Wildman–Crippen MR) is 196 cm³/mol. The number of hydrogen-bond acceptors (Lipinski definition) is 9. The molecule has 45 heavy (non-hydrogen) atoms. The van der Waals surface area contributed by atoms with Gasteiger partial charge < -0.3 is 0 Å². The van der Waals surface area contributed by atoms with E-state index in [1.54, 1.807) is 34.8 Å². The van der Waals surface area contributed by atoms with Crippen molar-refractivity contribution in [2.75, 3.05) is 0 Å². The highest BCUT2D eigenvalue weighted by atomic mass is 32.1. The first-order valence-electron chi connectivity index (χ1n) is 15.3. The monoisotopic (exact) mass is 680 g/mol. The normalized spacial score (nSPS) is 10.8. The van der Waals surface area contributed by atoms with Gasteiger partial charge in [-0.2, -0.15) is 21.0 Å².